The predicted molar refractivity (Wildman–Crippen MR) is 80.4 cm³/mol. The molecule has 2 aromatic rings. The first-order valence-corrected chi connectivity index (χ1v) is 6.92. The number of aromatic nitrogens is 1. The Morgan fingerprint density at radius 3 is 2.79 bits per heavy atom. The third-order valence-electron chi connectivity index (χ3n) is 2.92. The number of benzene rings is 1. The molecule has 19 heavy (non-hydrogen) atoms. The van der Waals surface area contributed by atoms with Gasteiger partial charge >= 0.3 is 0 Å². The molecule has 0 fully saturated rings. The molecule has 98 valence electrons. The molecule has 0 aliphatic rings. The number of hydrogen-bond donors (Lipinski definition) is 1. The Kier molecular flexibility index (Phi) is 4.32. The van der Waals surface area contributed by atoms with Crippen LogP contribution in [0.4, 0.5) is 5.82 Å². The number of hydrogen-bond acceptors (Lipinski definition) is 2. The normalized spacial score (nSPS) is 10.3. The average molecular weight is 319 g/mol. The molecule has 1 N–H and O–H groups in total. The molecule has 1 aromatic carbocycles. The van der Waals surface area contributed by atoms with E-state index in [1.54, 1.807) is 6.20 Å². The van der Waals surface area contributed by atoms with E-state index in [1.807, 2.05) is 44.2 Å². The van der Waals surface area contributed by atoms with E-state index in [4.69, 9.17) is 0 Å². The summed E-state index contributed by atoms with van der Waals surface area (Å²) < 4.78 is 0.900. The Labute approximate surface area is 121 Å². The van der Waals surface area contributed by atoms with Crippen LogP contribution < -0.4 is 5.32 Å². The van der Waals surface area contributed by atoms with Crippen molar-refractivity contribution in [1.82, 2.24) is 4.98 Å². The number of carbonyl (C=O) groups is 1. The summed E-state index contributed by atoms with van der Waals surface area (Å²) in [4.78, 5) is 16.5. The van der Waals surface area contributed by atoms with Crippen molar-refractivity contribution < 1.29 is 4.79 Å². The van der Waals surface area contributed by atoms with Gasteiger partial charge in [0.05, 0.1) is 0 Å². The summed E-state index contributed by atoms with van der Waals surface area (Å²) in [6.45, 7) is 3.95. The topological polar surface area (TPSA) is 42.0 Å². The van der Waals surface area contributed by atoms with Crippen LogP contribution >= 0.6 is 15.9 Å². The highest BCUT2D eigenvalue weighted by Gasteiger charge is 2.11. The monoisotopic (exact) mass is 318 g/mol. The molecule has 0 bridgehead atoms. The predicted octanol–water partition coefficient (Wildman–Crippen LogP) is 3.97. The number of carbonyl (C=O) groups excluding carboxylic acids is 1. The number of halogens is 1. The van der Waals surface area contributed by atoms with Gasteiger partial charge in [0.1, 0.15) is 5.82 Å². The molecule has 0 unspecified atom stereocenters. The van der Waals surface area contributed by atoms with Gasteiger partial charge in [0.15, 0.2) is 0 Å². The van der Waals surface area contributed by atoms with Crippen molar-refractivity contribution >= 4 is 27.7 Å². The molecule has 4 heteroatoms. The molecule has 0 aliphatic heterocycles. The molecule has 0 spiro atoms. The number of aryl methyl sites for hydroxylation is 2. The zero-order chi connectivity index (χ0) is 13.8. The van der Waals surface area contributed by atoms with E-state index >= 15 is 0 Å². The summed E-state index contributed by atoms with van der Waals surface area (Å²) in [5.74, 6) is 0.481. The number of anilines is 1. The number of nitrogens with zero attached hydrogens (tertiary/aromatic N) is 1. The first-order chi connectivity index (χ1) is 9.11. The fraction of sp³-hybridized carbons (Fsp3) is 0.200. The Balaban J connectivity index is 2.26. The van der Waals surface area contributed by atoms with E-state index in [-0.39, 0.29) is 5.91 Å². The third kappa shape index (κ3) is 3.20. The minimum Gasteiger partial charge on any atom is -0.306 e. The zero-order valence-corrected chi connectivity index (χ0v) is 12.5. The fourth-order valence-corrected chi connectivity index (χ4v) is 2.34. The maximum Gasteiger partial charge on any atom is 0.257 e. The maximum absolute atomic E-state index is 12.3. The minimum absolute atomic E-state index is 0.115. The molecule has 2 rings (SSSR count). The lowest BCUT2D eigenvalue weighted by atomic mass is 10.0. The second kappa shape index (κ2) is 5.97. The van der Waals surface area contributed by atoms with Crippen molar-refractivity contribution in [2.24, 2.45) is 0 Å². The number of pyridine rings is 1. The van der Waals surface area contributed by atoms with Crippen LogP contribution in [0.25, 0.3) is 0 Å². The molecule has 0 radical (unpaired) electrons. The first-order valence-electron chi connectivity index (χ1n) is 6.13. The van der Waals surface area contributed by atoms with Gasteiger partial charge in [-0.1, -0.05) is 25.1 Å². The SMILES string of the molecule is CCc1ccccc1C(=O)Nc1ncc(Br)cc1C. The molecule has 1 amide bonds. The van der Waals surface area contributed by atoms with Crippen molar-refractivity contribution in [3.05, 3.63) is 57.7 Å². The van der Waals surface area contributed by atoms with E-state index in [0.29, 0.717) is 11.4 Å². The van der Waals surface area contributed by atoms with Crippen molar-refractivity contribution in [2.45, 2.75) is 20.3 Å². The summed E-state index contributed by atoms with van der Waals surface area (Å²) in [6.07, 6.45) is 2.50. The van der Waals surface area contributed by atoms with Gasteiger partial charge in [-0.25, -0.2) is 4.98 Å². The van der Waals surface area contributed by atoms with E-state index in [9.17, 15) is 4.79 Å². The van der Waals surface area contributed by atoms with Crippen LogP contribution in [0.2, 0.25) is 0 Å². The molecular formula is C15H15BrN2O. The molecule has 1 heterocycles. The van der Waals surface area contributed by atoms with Gasteiger partial charge < -0.3 is 5.32 Å². The van der Waals surface area contributed by atoms with E-state index in [2.05, 4.69) is 26.2 Å². The summed E-state index contributed by atoms with van der Waals surface area (Å²) in [6, 6.07) is 9.54. The molecular weight excluding hydrogens is 304 g/mol. The van der Waals surface area contributed by atoms with E-state index in [0.717, 1.165) is 22.0 Å². The van der Waals surface area contributed by atoms with Gasteiger partial charge in [-0.05, 0) is 52.5 Å². The zero-order valence-electron chi connectivity index (χ0n) is 10.9. The Morgan fingerprint density at radius 2 is 2.11 bits per heavy atom. The van der Waals surface area contributed by atoms with Crippen LogP contribution in [-0.4, -0.2) is 10.9 Å². The van der Waals surface area contributed by atoms with E-state index < -0.39 is 0 Å². The van der Waals surface area contributed by atoms with Gasteiger partial charge in [-0.2, -0.15) is 0 Å². The van der Waals surface area contributed by atoms with Crippen LogP contribution in [0, 0.1) is 6.92 Å². The van der Waals surface area contributed by atoms with Crippen molar-refractivity contribution in [3.8, 4) is 0 Å². The van der Waals surface area contributed by atoms with Gasteiger partial charge in [0.2, 0.25) is 0 Å². The lowest BCUT2D eigenvalue weighted by Gasteiger charge is -2.10. The maximum atomic E-state index is 12.3. The second-order valence-electron chi connectivity index (χ2n) is 4.28. The highest BCUT2D eigenvalue weighted by atomic mass is 79.9. The Hall–Kier alpha value is -1.68. The van der Waals surface area contributed by atoms with Gasteiger partial charge in [0.25, 0.3) is 5.91 Å². The summed E-state index contributed by atoms with van der Waals surface area (Å²) in [5.41, 5.74) is 2.67. The molecule has 0 saturated heterocycles. The molecule has 3 nitrogen and oxygen atoms in total. The van der Waals surface area contributed by atoms with Gasteiger partial charge in [-0.15, -0.1) is 0 Å². The van der Waals surface area contributed by atoms with Crippen molar-refractivity contribution in [1.29, 1.82) is 0 Å². The number of rotatable bonds is 3. The number of nitrogens with one attached hydrogen (secondary N) is 1. The molecule has 0 atom stereocenters. The average Bonchev–Trinajstić information content (AvgIpc) is 2.41. The molecule has 0 aliphatic carbocycles. The fourth-order valence-electron chi connectivity index (χ4n) is 1.90. The lowest BCUT2D eigenvalue weighted by Crippen LogP contribution is -2.15. The van der Waals surface area contributed by atoms with E-state index in [1.165, 1.54) is 0 Å². The van der Waals surface area contributed by atoms with Crippen LogP contribution in [0.1, 0.15) is 28.4 Å². The first kappa shape index (κ1) is 13.7. The lowest BCUT2D eigenvalue weighted by molar-refractivity contribution is 0.102. The van der Waals surface area contributed by atoms with Gasteiger partial charge in [-0.3, -0.25) is 4.79 Å². The Bertz CT molecular complexity index is 611. The van der Waals surface area contributed by atoms with Crippen LogP contribution in [0.15, 0.2) is 41.0 Å². The van der Waals surface area contributed by atoms with Crippen molar-refractivity contribution in [2.75, 3.05) is 5.32 Å². The van der Waals surface area contributed by atoms with Gasteiger partial charge in [0, 0.05) is 16.2 Å². The second-order valence-corrected chi connectivity index (χ2v) is 5.20. The summed E-state index contributed by atoms with van der Waals surface area (Å²) >= 11 is 3.36. The van der Waals surface area contributed by atoms with Crippen LogP contribution in [0.5, 0.6) is 0 Å². The summed E-state index contributed by atoms with van der Waals surface area (Å²) in [5, 5.41) is 2.86. The van der Waals surface area contributed by atoms with Crippen LogP contribution in [0.3, 0.4) is 0 Å². The van der Waals surface area contributed by atoms with Crippen LogP contribution in [-0.2, 0) is 6.42 Å². The molecule has 0 saturated carbocycles. The highest BCUT2D eigenvalue weighted by molar-refractivity contribution is 9.10. The standard InChI is InChI=1S/C15H15BrN2O/c1-3-11-6-4-5-7-13(11)15(19)18-14-10(2)8-12(16)9-17-14/h4-9H,3H2,1-2H3,(H,17,18,19). The Morgan fingerprint density at radius 1 is 1.37 bits per heavy atom. The quantitative estimate of drug-likeness (QED) is 0.930. The number of amides is 1. The third-order valence-corrected chi connectivity index (χ3v) is 3.35. The highest BCUT2D eigenvalue weighted by Crippen LogP contribution is 2.18. The molecule has 1 aromatic heterocycles. The largest absolute Gasteiger partial charge is 0.306 e. The summed E-state index contributed by atoms with van der Waals surface area (Å²) in [7, 11) is 0. The van der Waals surface area contributed by atoms with Crippen molar-refractivity contribution in [3.63, 3.8) is 0 Å². The smallest absolute Gasteiger partial charge is 0.257 e. The minimum atomic E-state index is -0.115.